The van der Waals surface area contributed by atoms with E-state index in [1.165, 1.54) is 30.8 Å². The first-order valence-electron chi connectivity index (χ1n) is 8.29. The highest BCUT2D eigenvalue weighted by Crippen LogP contribution is 2.21. The van der Waals surface area contributed by atoms with Gasteiger partial charge in [-0.15, -0.1) is 5.10 Å². The van der Waals surface area contributed by atoms with Gasteiger partial charge >= 0.3 is 0 Å². The van der Waals surface area contributed by atoms with Crippen LogP contribution in [0.5, 0.6) is 5.75 Å². The number of aromatic nitrogens is 4. The van der Waals surface area contributed by atoms with Gasteiger partial charge in [-0.1, -0.05) is 17.8 Å². The van der Waals surface area contributed by atoms with Crippen LogP contribution in [-0.2, 0) is 4.79 Å². The summed E-state index contributed by atoms with van der Waals surface area (Å²) in [6.07, 6.45) is 0.779. The lowest BCUT2D eigenvalue weighted by molar-refractivity contribution is -0.114. The highest BCUT2D eigenvalue weighted by Gasteiger charge is 2.09. The molecule has 0 radical (unpaired) electrons. The Morgan fingerprint density at radius 3 is 2.85 bits per heavy atom. The fourth-order valence-corrected chi connectivity index (χ4v) is 3.10. The van der Waals surface area contributed by atoms with E-state index in [2.05, 4.69) is 20.8 Å². The third-order valence-corrected chi connectivity index (χ3v) is 4.46. The fraction of sp³-hybridized carbons (Fsp3) is 0.222. The molecule has 140 valence electrons. The van der Waals surface area contributed by atoms with Gasteiger partial charge in [0.25, 0.3) is 0 Å². The first kappa shape index (κ1) is 18.8. The van der Waals surface area contributed by atoms with Gasteiger partial charge in [-0.25, -0.2) is 4.39 Å². The number of hydrogen-bond acceptors (Lipinski definition) is 6. The SMILES string of the molecule is CC(=O)Nc1cccc(-n2nnnc2SCCCOc2ccc(F)cc2)c1. The third-order valence-electron chi connectivity index (χ3n) is 3.45. The van der Waals surface area contributed by atoms with Gasteiger partial charge in [0.2, 0.25) is 11.1 Å². The lowest BCUT2D eigenvalue weighted by Crippen LogP contribution is -2.07. The standard InChI is InChI=1S/C18H18FN5O2S/c1-13(25)20-15-4-2-5-16(12-15)24-18(21-22-23-24)27-11-3-10-26-17-8-6-14(19)7-9-17/h2,4-9,12H,3,10-11H2,1H3,(H,20,25). The smallest absolute Gasteiger partial charge is 0.221 e. The molecule has 0 aliphatic rings. The molecule has 0 saturated carbocycles. The fourth-order valence-electron chi connectivity index (χ4n) is 2.29. The van der Waals surface area contributed by atoms with Crippen molar-refractivity contribution in [3.63, 3.8) is 0 Å². The van der Waals surface area contributed by atoms with E-state index in [4.69, 9.17) is 4.74 Å². The molecule has 7 nitrogen and oxygen atoms in total. The number of nitrogens with zero attached hydrogens (tertiary/aromatic N) is 4. The van der Waals surface area contributed by atoms with Crippen molar-refractivity contribution < 1.29 is 13.9 Å². The molecule has 0 saturated heterocycles. The number of halogens is 1. The Labute approximate surface area is 159 Å². The lowest BCUT2D eigenvalue weighted by atomic mass is 10.3. The molecule has 0 aliphatic carbocycles. The Bertz CT molecular complexity index is 901. The second-order valence-electron chi connectivity index (χ2n) is 5.61. The molecular formula is C18H18FN5O2S. The molecule has 0 atom stereocenters. The summed E-state index contributed by atoms with van der Waals surface area (Å²) >= 11 is 1.51. The molecule has 0 fully saturated rings. The van der Waals surface area contributed by atoms with Crippen LogP contribution in [0, 0.1) is 5.82 Å². The van der Waals surface area contributed by atoms with Gasteiger partial charge in [-0.05, 0) is 59.3 Å². The van der Waals surface area contributed by atoms with Crippen molar-refractivity contribution >= 4 is 23.4 Å². The number of rotatable bonds is 8. The number of anilines is 1. The van der Waals surface area contributed by atoms with Gasteiger partial charge in [0.1, 0.15) is 11.6 Å². The molecule has 1 amide bonds. The van der Waals surface area contributed by atoms with Crippen LogP contribution in [0.4, 0.5) is 10.1 Å². The molecule has 9 heteroatoms. The summed E-state index contributed by atoms with van der Waals surface area (Å²) in [5, 5.41) is 15.2. The maximum atomic E-state index is 12.9. The summed E-state index contributed by atoms with van der Waals surface area (Å²) in [5.41, 5.74) is 1.44. The zero-order chi connectivity index (χ0) is 19.1. The Kier molecular flexibility index (Phi) is 6.37. The second-order valence-corrected chi connectivity index (χ2v) is 6.67. The van der Waals surface area contributed by atoms with E-state index in [0.29, 0.717) is 23.2 Å². The third kappa shape index (κ3) is 5.52. The number of carbonyl (C=O) groups is 1. The van der Waals surface area contributed by atoms with Crippen molar-refractivity contribution in [1.29, 1.82) is 0 Å². The molecule has 0 bridgehead atoms. The van der Waals surface area contributed by atoms with Gasteiger partial charge in [0.05, 0.1) is 12.3 Å². The largest absolute Gasteiger partial charge is 0.494 e. The van der Waals surface area contributed by atoms with Crippen molar-refractivity contribution in [2.24, 2.45) is 0 Å². The Morgan fingerprint density at radius 2 is 2.07 bits per heavy atom. The Morgan fingerprint density at radius 1 is 1.26 bits per heavy atom. The van der Waals surface area contributed by atoms with Crippen molar-refractivity contribution in [2.45, 2.75) is 18.5 Å². The van der Waals surface area contributed by atoms with Crippen molar-refractivity contribution in [2.75, 3.05) is 17.7 Å². The first-order valence-corrected chi connectivity index (χ1v) is 9.28. The maximum absolute atomic E-state index is 12.9. The number of carbonyl (C=O) groups excluding carboxylic acids is 1. The number of thioether (sulfide) groups is 1. The van der Waals surface area contributed by atoms with Crippen LogP contribution in [0.1, 0.15) is 13.3 Å². The number of amides is 1. The summed E-state index contributed by atoms with van der Waals surface area (Å²) in [6, 6.07) is 13.2. The van der Waals surface area contributed by atoms with E-state index < -0.39 is 0 Å². The van der Waals surface area contributed by atoms with E-state index in [1.54, 1.807) is 28.9 Å². The molecule has 0 unspecified atom stereocenters. The monoisotopic (exact) mass is 387 g/mol. The summed E-state index contributed by atoms with van der Waals surface area (Å²) < 4.78 is 20.0. The minimum atomic E-state index is -0.285. The molecule has 1 heterocycles. The molecule has 1 N–H and O–H groups in total. The molecule has 3 aromatic rings. The number of tetrazole rings is 1. The minimum Gasteiger partial charge on any atom is -0.494 e. The second kappa shape index (κ2) is 9.13. The van der Waals surface area contributed by atoms with Gasteiger partial charge in [-0.3, -0.25) is 4.79 Å². The quantitative estimate of drug-likeness (QED) is 0.472. The molecule has 1 aromatic heterocycles. The van der Waals surface area contributed by atoms with Crippen molar-refractivity contribution in [3.8, 4) is 11.4 Å². The molecular weight excluding hydrogens is 369 g/mol. The zero-order valence-electron chi connectivity index (χ0n) is 14.6. The Hall–Kier alpha value is -2.94. The van der Waals surface area contributed by atoms with Crippen molar-refractivity contribution in [1.82, 2.24) is 20.2 Å². The highest BCUT2D eigenvalue weighted by molar-refractivity contribution is 7.99. The van der Waals surface area contributed by atoms with Crippen LogP contribution >= 0.6 is 11.8 Å². The average Bonchev–Trinajstić information content (AvgIpc) is 3.11. The molecule has 27 heavy (non-hydrogen) atoms. The average molecular weight is 387 g/mol. The van der Waals surface area contributed by atoms with E-state index in [9.17, 15) is 9.18 Å². The topological polar surface area (TPSA) is 81.9 Å². The molecule has 3 rings (SSSR count). The summed E-state index contributed by atoms with van der Waals surface area (Å²) in [5.74, 6) is 0.973. The zero-order valence-corrected chi connectivity index (χ0v) is 15.4. The molecule has 0 aliphatic heterocycles. The van der Waals surface area contributed by atoms with Crippen LogP contribution in [0.25, 0.3) is 5.69 Å². The number of ether oxygens (including phenoxy) is 1. The van der Waals surface area contributed by atoms with E-state index in [1.807, 2.05) is 12.1 Å². The minimum absolute atomic E-state index is 0.139. The van der Waals surface area contributed by atoms with Crippen LogP contribution in [0.3, 0.4) is 0 Å². The van der Waals surface area contributed by atoms with Crippen LogP contribution < -0.4 is 10.1 Å². The van der Waals surface area contributed by atoms with Crippen LogP contribution in [-0.4, -0.2) is 38.5 Å². The molecule has 0 spiro atoms. The first-order chi connectivity index (χ1) is 13.1. The van der Waals surface area contributed by atoms with E-state index >= 15 is 0 Å². The van der Waals surface area contributed by atoms with Gasteiger partial charge in [0.15, 0.2) is 0 Å². The summed E-state index contributed by atoms with van der Waals surface area (Å²) in [4.78, 5) is 11.2. The highest BCUT2D eigenvalue weighted by atomic mass is 32.2. The number of benzene rings is 2. The van der Waals surface area contributed by atoms with Gasteiger partial charge in [-0.2, -0.15) is 4.68 Å². The van der Waals surface area contributed by atoms with E-state index in [-0.39, 0.29) is 11.7 Å². The van der Waals surface area contributed by atoms with Crippen molar-refractivity contribution in [3.05, 3.63) is 54.3 Å². The number of nitrogens with one attached hydrogen (secondary N) is 1. The van der Waals surface area contributed by atoms with Crippen LogP contribution in [0.15, 0.2) is 53.7 Å². The number of hydrogen-bond donors (Lipinski definition) is 1. The normalized spacial score (nSPS) is 10.6. The Balaban J connectivity index is 1.53. The van der Waals surface area contributed by atoms with E-state index in [0.717, 1.165) is 17.9 Å². The predicted octanol–water partition coefficient (Wildman–Crippen LogP) is 3.32. The van der Waals surface area contributed by atoms with Gasteiger partial charge < -0.3 is 10.1 Å². The lowest BCUT2D eigenvalue weighted by Gasteiger charge is -2.08. The maximum Gasteiger partial charge on any atom is 0.221 e. The summed E-state index contributed by atoms with van der Waals surface area (Å²) in [7, 11) is 0. The molecule has 2 aromatic carbocycles. The predicted molar refractivity (Wildman–Crippen MR) is 101 cm³/mol. The van der Waals surface area contributed by atoms with Crippen LogP contribution in [0.2, 0.25) is 0 Å². The summed E-state index contributed by atoms with van der Waals surface area (Å²) in [6.45, 7) is 1.97. The van der Waals surface area contributed by atoms with Gasteiger partial charge in [0, 0.05) is 18.4 Å².